The Hall–Kier alpha value is -0.990. The Morgan fingerprint density at radius 3 is 2.79 bits per heavy atom. The second kappa shape index (κ2) is 3.64. The molecular formula is C11H19N3. The number of anilines is 1. The van der Waals surface area contributed by atoms with Crippen molar-refractivity contribution in [3.05, 3.63) is 11.9 Å². The molecule has 3 nitrogen and oxygen atoms in total. The lowest BCUT2D eigenvalue weighted by Crippen LogP contribution is -2.21. The van der Waals surface area contributed by atoms with Crippen LogP contribution in [0.5, 0.6) is 0 Å². The molecule has 1 fully saturated rings. The minimum absolute atomic E-state index is 0.651. The summed E-state index contributed by atoms with van der Waals surface area (Å²) >= 11 is 0. The fraction of sp³-hybridized carbons (Fsp3) is 0.727. The molecular weight excluding hydrogens is 174 g/mol. The van der Waals surface area contributed by atoms with Crippen molar-refractivity contribution >= 4 is 5.69 Å². The number of aryl methyl sites for hydroxylation is 2. The third-order valence-electron chi connectivity index (χ3n) is 3.22. The molecule has 0 aromatic carbocycles. The number of nitrogens with one attached hydrogen (secondary N) is 1. The van der Waals surface area contributed by atoms with E-state index in [2.05, 4.69) is 30.5 Å². The van der Waals surface area contributed by atoms with E-state index in [9.17, 15) is 0 Å². The highest BCUT2D eigenvalue weighted by Gasteiger charge is 2.23. The normalized spacial score (nSPS) is 26.8. The highest BCUT2D eigenvalue weighted by Crippen LogP contribution is 2.28. The Morgan fingerprint density at radius 1 is 1.50 bits per heavy atom. The topological polar surface area (TPSA) is 29.9 Å². The largest absolute Gasteiger partial charge is 0.379 e. The second-order valence-corrected chi connectivity index (χ2v) is 4.46. The minimum Gasteiger partial charge on any atom is -0.379 e. The Bertz CT molecular complexity index is 316. The van der Waals surface area contributed by atoms with Gasteiger partial charge in [-0.1, -0.05) is 13.3 Å². The Labute approximate surface area is 85.5 Å². The lowest BCUT2D eigenvalue weighted by Gasteiger charge is -2.17. The molecule has 1 heterocycles. The number of hydrogen-bond acceptors (Lipinski definition) is 2. The van der Waals surface area contributed by atoms with Crippen LogP contribution in [-0.4, -0.2) is 15.8 Å². The first kappa shape index (κ1) is 9.56. The fourth-order valence-electron chi connectivity index (χ4n) is 2.30. The van der Waals surface area contributed by atoms with Crippen LogP contribution >= 0.6 is 0 Å². The van der Waals surface area contributed by atoms with Gasteiger partial charge in [-0.25, -0.2) is 0 Å². The van der Waals surface area contributed by atoms with Crippen LogP contribution in [0.15, 0.2) is 6.20 Å². The third-order valence-corrected chi connectivity index (χ3v) is 3.22. The molecule has 0 saturated heterocycles. The molecule has 1 N–H and O–H groups in total. The maximum atomic E-state index is 4.33. The van der Waals surface area contributed by atoms with Crippen LogP contribution in [0.4, 0.5) is 5.69 Å². The summed E-state index contributed by atoms with van der Waals surface area (Å²) in [7, 11) is 1.97. The average molecular weight is 193 g/mol. The van der Waals surface area contributed by atoms with Crippen LogP contribution in [0.2, 0.25) is 0 Å². The molecule has 0 radical (unpaired) electrons. The standard InChI is InChI=1S/C11H19N3/c1-8-5-4-6-10(8)12-11-7-14(3)13-9(11)2/h7-8,10,12H,4-6H2,1-3H3. The summed E-state index contributed by atoms with van der Waals surface area (Å²) in [6.45, 7) is 4.39. The maximum Gasteiger partial charge on any atom is 0.0825 e. The molecule has 2 atom stereocenters. The smallest absolute Gasteiger partial charge is 0.0825 e. The van der Waals surface area contributed by atoms with Gasteiger partial charge in [-0.3, -0.25) is 4.68 Å². The first-order valence-corrected chi connectivity index (χ1v) is 5.43. The summed E-state index contributed by atoms with van der Waals surface area (Å²) in [5.74, 6) is 0.801. The lowest BCUT2D eigenvalue weighted by molar-refractivity contribution is 0.556. The summed E-state index contributed by atoms with van der Waals surface area (Å²) in [4.78, 5) is 0. The van der Waals surface area contributed by atoms with Crippen LogP contribution in [0.3, 0.4) is 0 Å². The average Bonchev–Trinajstić information content (AvgIpc) is 2.62. The third kappa shape index (κ3) is 1.76. The van der Waals surface area contributed by atoms with E-state index < -0.39 is 0 Å². The molecule has 1 aliphatic rings. The number of rotatable bonds is 2. The van der Waals surface area contributed by atoms with Crippen LogP contribution in [0.1, 0.15) is 31.9 Å². The molecule has 1 saturated carbocycles. The molecule has 3 heteroatoms. The first-order chi connectivity index (χ1) is 6.66. The van der Waals surface area contributed by atoms with Gasteiger partial charge in [-0.2, -0.15) is 5.10 Å². The SMILES string of the molecule is Cc1nn(C)cc1NC1CCCC1C. The first-order valence-electron chi connectivity index (χ1n) is 5.43. The van der Waals surface area contributed by atoms with Gasteiger partial charge in [-0.15, -0.1) is 0 Å². The van der Waals surface area contributed by atoms with E-state index in [0.717, 1.165) is 11.6 Å². The maximum absolute atomic E-state index is 4.33. The van der Waals surface area contributed by atoms with Crippen molar-refractivity contribution in [3.8, 4) is 0 Å². The van der Waals surface area contributed by atoms with Crippen molar-refractivity contribution in [2.24, 2.45) is 13.0 Å². The molecule has 2 unspecified atom stereocenters. The predicted octanol–water partition coefficient (Wildman–Crippen LogP) is 2.33. The highest BCUT2D eigenvalue weighted by molar-refractivity contribution is 5.46. The molecule has 0 bridgehead atoms. The molecule has 1 aromatic rings. The van der Waals surface area contributed by atoms with Gasteiger partial charge in [0.15, 0.2) is 0 Å². The quantitative estimate of drug-likeness (QED) is 0.781. The molecule has 1 aromatic heterocycles. The van der Waals surface area contributed by atoms with Gasteiger partial charge >= 0.3 is 0 Å². The molecule has 0 aliphatic heterocycles. The summed E-state index contributed by atoms with van der Waals surface area (Å²) in [6.07, 6.45) is 6.09. The number of aromatic nitrogens is 2. The molecule has 14 heavy (non-hydrogen) atoms. The van der Waals surface area contributed by atoms with E-state index in [0.29, 0.717) is 6.04 Å². The van der Waals surface area contributed by atoms with E-state index in [-0.39, 0.29) is 0 Å². The Morgan fingerprint density at radius 2 is 2.29 bits per heavy atom. The minimum atomic E-state index is 0.651. The van der Waals surface area contributed by atoms with E-state index in [4.69, 9.17) is 0 Å². The van der Waals surface area contributed by atoms with E-state index >= 15 is 0 Å². The van der Waals surface area contributed by atoms with Crippen LogP contribution < -0.4 is 5.32 Å². The zero-order valence-electron chi connectivity index (χ0n) is 9.25. The Kier molecular flexibility index (Phi) is 2.48. The summed E-state index contributed by atoms with van der Waals surface area (Å²) < 4.78 is 1.87. The van der Waals surface area contributed by atoms with Gasteiger partial charge in [0.25, 0.3) is 0 Å². The van der Waals surface area contributed by atoms with Gasteiger partial charge in [-0.05, 0) is 25.7 Å². The van der Waals surface area contributed by atoms with Gasteiger partial charge in [0.1, 0.15) is 0 Å². The highest BCUT2D eigenvalue weighted by atomic mass is 15.3. The number of nitrogens with zero attached hydrogens (tertiary/aromatic N) is 2. The summed E-state index contributed by atoms with van der Waals surface area (Å²) in [6, 6.07) is 0.651. The van der Waals surface area contributed by atoms with Gasteiger partial charge in [0, 0.05) is 19.3 Å². The van der Waals surface area contributed by atoms with E-state index in [1.165, 1.54) is 24.9 Å². The van der Waals surface area contributed by atoms with Gasteiger partial charge < -0.3 is 5.32 Å². The monoisotopic (exact) mass is 193 g/mol. The van der Waals surface area contributed by atoms with E-state index in [1.54, 1.807) is 0 Å². The lowest BCUT2D eigenvalue weighted by atomic mass is 10.1. The fourth-order valence-corrected chi connectivity index (χ4v) is 2.30. The van der Waals surface area contributed by atoms with Crippen molar-refractivity contribution in [1.82, 2.24) is 9.78 Å². The molecule has 0 spiro atoms. The second-order valence-electron chi connectivity index (χ2n) is 4.46. The van der Waals surface area contributed by atoms with Crippen LogP contribution in [0, 0.1) is 12.8 Å². The van der Waals surface area contributed by atoms with E-state index in [1.807, 2.05) is 11.7 Å². The molecule has 0 amide bonds. The number of hydrogen-bond donors (Lipinski definition) is 1. The van der Waals surface area contributed by atoms with Crippen molar-refractivity contribution < 1.29 is 0 Å². The van der Waals surface area contributed by atoms with Crippen LogP contribution in [-0.2, 0) is 7.05 Å². The van der Waals surface area contributed by atoms with Crippen molar-refractivity contribution in [1.29, 1.82) is 0 Å². The molecule has 78 valence electrons. The van der Waals surface area contributed by atoms with Crippen molar-refractivity contribution in [3.63, 3.8) is 0 Å². The van der Waals surface area contributed by atoms with Gasteiger partial charge in [0.05, 0.1) is 11.4 Å². The summed E-state index contributed by atoms with van der Waals surface area (Å²) in [5.41, 5.74) is 2.30. The van der Waals surface area contributed by atoms with Crippen molar-refractivity contribution in [2.45, 2.75) is 39.2 Å². The summed E-state index contributed by atoms with van der Waals surface area (Å²) in [5, 5.41) is 7.93. The zero-order valence-corrected chi connectivity index (χ0v) is 9.25. The molecule has 2 rings (SSSR count). The van der Waals surface area contributed by atoms with Crippen LogP contribution in [0.25, 0.3) is 0 Å². The van der Waals surface area contributed by atoms with Gasteiger partial charge in [0.2, 0.25) is 0 Å². The van der Waals surface area contributed by atoms with Crippen molar-refractivity contribution in [2.75, 3.05) is 5.32 Å². The predicted molar refractivity (Wildman–Crippen MR) is 58.4 cm³/mol. The Balaban J connectivity index is 2.06. The molecule has 1 aliphatic carbocycles. The zero-order chi connectivity index (χ0) is 10.1.